The first-order valence-corrected chi connectivity index (χ1v) is 13.2. The van der Waals surface area contributed by atoms with E-state index in [1.807, 2.05) is 19.1 Å². The van der Waals surface area contributed by atoms with Crippen LogP contribution in [0.1, 0.15) is 39.5 Å². The maximum Gasteiger partial charge on any atom is 0.416 e. The van der Waals surface area contributed by atoms with Crippen molar-refractivity contribution in [2.24, 2.45) is 0 Å². The van der Waals surface area contributed by atoms with E-state index in [4.69, 9.17) is 9.47 Å². The molecule has 9 nitrogen and oxygen atoms in total. The first kappa shape index (κ1) is 30.2. The van der Waals surface area contributed by atoms with Crippen LogP contribution in [0.5, 0.6) is 5.75 Å². The number of fused-ring (bicyclic) bond motifs is 1. The van der Waals surface area contributed by atoms with E-state index >= 15 is 0 Å². The summed E-state index contributed by atoms with van der Waals surface area (Å²) in [5.74, 6) is 0.119. The van der Waals surface area contributed by atoms with Gasteiger partial charge in [-0.3, -0.25) is 14.4 Å². The van der Waals surface area contributed by atoms with E-state index in [2.05, 4.69) is 4.90 Å². The Hall–Kier alpha value is -3.77. The second-order valence-electron chi connectivity index (χ2n) is 10.4. The molecule has 2 heterocycles. The summed E-state index contributed by atoms with van der Waals surface area (Å²) in [4.78, 5) is 30.0. The molecule has 0 spiro atoms. The molecule has 0 amide bonds. The van der Waals surface area contributed by atoms with Crippen LogP contribution in [0.3, 0.4) is 0 Å². The van der Waals surface area contributed by atoms with Gasteiger partial charge in [-0.05, 0) is 42.3 Å². The van der Waals surface area contributed by atoms with Gasteiger partial charge in [-0.25, -0.2) is 9.59 Å². The molecule has 1 atom stereocenters. The van der Waals surface area contributed by atoms with Crippen molar-refractivity contribution in [2.75, 3.05) is 59.4 Å². The SMILES string of the molecule is COC(=O)c1ccc(C2CN(CCC(F)(F)F)CCN2Cc2c(OC)cc(C)c3c2ccn3C(=O)O)cc1N(C)C. The normalized spacial score (nSPS) is 16.6. The summed E-state index contributed by atoms with van der Waals surface area (Å²) in [6.45, 7) is 3.32. The summed E-state index contributed by atoms with van der Waals surface area (Å²) in [5, 5.41) is 10.4. The number of methoxy groups -OCH3 is 2. The molecule has 12 heteroatoms. The molecule has 3 aromatic rings. The molecular formula is C29H35F3N4O5. The van der Waals surface area contributed by atoms with Crippen molar-refractivity contribution in [1.82, 2.24) is 14.4 Å². The molecule has 1 saturated heterocycles. The number of rotatable bonds is 8. The Kier molecular flexibility index (Phi) is 8.83. The molecule has 1 unspecified atom stereocenters. The standard InChI is InChI=1S/C29H35F3N4O5/c1-18-14-25(40-4)22(20-8-10-36(26(18)20)28(38)39)16-35-13-12-34(11-9-29(30,31)32)17-24(35)19-6-7-21(27(37)41-5)23(15-19)33(2)3/h6-8,10,14-15,24H,9,11-13,16-17H2,1-5H3,(H,38,39). The van der Waals surface area contributed by atoms with Gasteiger partial charge in [0.1, 0.15) is 5.75 Å². The molecule has 0 saturated carbocycles. The largest absolute Gasteiger partial charge is 0.496 e. The van der Waals surface area contributed by atoms with Gasteiger partial charge in [0.25, 0.3) is 0 Å². The lowest BCUT2D eigenvalue weighted by Crippen LogP contribution is -2.48. The number of ether oxygens (including phenoxy) is 2. The zero-order valence-electron chi connectivity index (χ0n) is 23.8. The van der Waals surface area contributed by atoms with Crippen molar-refractivity contribution in [1.29, 1.82) is 0 Å². The van der Waals surface area contributed by atoms with Gasteiger partial charge in [-0.1, -0.05) is 6.07 Å². The van der Waals surface area contributed by atoms with Crippen molar-refractivity contribution in [3.8, 4) is 5.75 Å². The smallest absolute Gasteiger partial charge is 0.416 e. The van der Waals surface area contributed by atoms with E-state index in [1.54, 1.807) is 49.2 Å². The van der Waals surface area contributed by atoms with Crippen molar-refractivity contribution in [3.63, 3.8) is 0 Å². The third-order valence-corrected chi connectivity index (χ3v) is 7.60. The Bertz CT molecular complexity index is 1440. The molecule has 0 aliphatic carbocycles. The van der Waals surface area contributed by atoms with Gasteiger partial charge in [0, 0.05) is 70.0 Å². The van der Waals surface area contributed by atoms with E-state index in [1.165, 1.54) is 17.9 Å². The van der Waals surface area contributed by atoms with Crippen molar-refractivity contribution >= 4 is 28.7 Å². The average molecular weight is 577 g/mol. The summed E-state index contributed by atoms with van der Waals surface area (Å²) < 4.78 is 51.0. The van der Waals surface area contributed by atoms with Crippen molar-refractivity contribution < 1.29 is 37.3 Å². The van der Waals surface area contributed by atoms with Crippen LogP contribution >= 0.6 is 0 Å². The maximum atomic E-state index is 13.1. The van der Waals surface area contributed by atoms with E-state index in [0.717, 1.165) is 22.1 Å². The van der Waals surface area contributed by atoms with Crippen LogP contribution < -0.4 is 9.64 Å². The van der Waals surface area contributed by atoms with Gasteiger partial charge in [0.05, 0.1) is 37.4 Å². The number of aryl methyl sites for hydroxylation is 1. The van der Waals surface area contributed by atoms with Crippen LogP contribution in [0.25, 0.3) is 10.9 Å². The number of nitrogens with zero attached hydrogens (tertiary/aromatic N) is 4. The predicted octanol–water partition coefficient (Wildman–Crippen LogP) is 5.15. The maximum absolute atomic E-state index is 13.1. The van der Waals surface area contributed by atoms with Gasteiger partial charge >= 0.3 is 18.2 Å². The molecule has 41 heavy (non-hydrogen) atoms. The second kappa shape index (κ2) is 12.0. The molecule has 0 bridgehead atoms. The van der Waals surface area contributed by atoms with E-state index < -0.39 is 24.7 Å². The Balaban J connectivity index is 1.77. The molecular weight excluding hydrogens is 541 g/mol. The minimum Gasteiger partial charge on any atom is -0.496 e. The van der Waals surface area contributed by atoms with Gasteiger partial charge in [0.2, 0.25) is 0 Å². The predicted molar refractivity (Wildman–Crippen MR) is 149 cm³/mol. The number of aromatic nitrogens is 1. The number of halogens is 3. The highest BCUT2D eigenvalue weighted by molar-refractivity contribution is 5.96. The van der Waals surface area contributed by atoms with E-state index in [9.17, 15) is 27.9 Å². The van der Waals surface area contributed by atoms with Crippen molar-refractivity contribution in [2.45, 2.75) is 32.1 Å². The fourth-order valence-electron chi connectivity index (χ4n) is 5.55. The number of carboxylic acid groups (broad SMARTS) is 1. The van der Waals surface area contributed by atoms with Crippen molar-refractivity contribution in [3.05, 3.63) is 58.8 Å². The minimum atomic E-state index is -4.26. The fraction of sp³-hybridized carbons (Fsp3) is 0.448. The highest BCUT2D eigenvalue weighted by Crippen LogP contribution is 2.37. The number of esters is 1. The highest BCUT2D eigenvalue weighted by Gasteiger charge is 2.34. The molecule has 2 aromatic carbocycles. The number of anilines is 1. The lowest BCUT2D eigenvalue weighted by Gasteiger charge is -2.42. The number of benzene rings is 2. The molecule has 1 aromatic heterocycles. The molecule has 1 fully saturated rings. The number of hydrogen-bond acceptors (Lipinski definition) is 7. The van der Waals surface area contributed by atoms with Crippen LogP contribution in [0.4, 0.5) is 23.7 Å². The zero-order valence-corrected chi connectivity index (χ0v) is 23.8. The van der Waals surface area contributed by atoms with Crippen LogP contribution in [-0.4, -0.2) is 92.2 Å². The molecule has 1 aliphatic rings. The highest BCUT2D eigenvalue weighted by atomic mass is 19.4. The molecule has 222 valence electrons. The Labute approximate surface area is 236 Å². The molecule has 0 radical (unpaired) electrons. The lowest BCUT2D eigenvalue weighted by atomic mass is 9.97. The van der Waals surface area contributed by atoms with E-state index in [-0.39, 0.29) is 12.6 Å². The van der Waals surface area contributed by atoms with Gasteiger partial charge in [-0.15, -0.1) is 0 Å². The molecule has 4 rings (SSSR count). The number of hydrogen-bond donors (Lipinski definition) is 1. The summed E-state index contributed by atoms with van der Waals surface area (Å²) in [6.07, 6.45) is -4.76. The summed E-state index contributed by atoms with van der Waals surface area (Å²) >= 11 is 0. The lowest BCUT2D eigenvalue weighted by molar-refractivity contribution is -0.139. The minimum absolute atomic E-state index is 0.117. The number of carbonyl (C=O) groups excluding carboxylic acids is 1. The van der Waals surface area contributed by atoms with Gasteiger partial charge in [0.15, 0.2) is 0 Å². The average Bonchev–Trinajstić information content (AvgIpc) is 3.39. The van der Waals surface area contributed by atoms with E-state index in [0.29, 0.717) is 48.7 Å². The molecule has 1 aliphatic heterocycles. The Morgan fingerprint density at radius 2 is 1.85 bits per heavy atom. The second-order valence-corrected chi connectivity index (χ2v) is 10.4. The monoisotopic (exact) mass is 576 g/mol. The summed E-state index contributed by atoms with van der Waals surface area (Å²) in [5.41, 5.74) is 3.95. The Morgan fingerprint density at radius 3 is 2.46 bits per heavy atom. The van der Waals surface area contributed by atoms with Gasteiger partial charge < -0.3 is 19.5 Å². The third kappa shape index (κ3) is 6.43. The first-order valence-electron chi connectivity index (χ1n) is 13.2. The van der Waals surface area contributed by atoms with Crippen LogP contribution in [-0.2, 0) is 11.3 Å². The molecule has 1 N–H and O–H groups in total. The summed E-state index contributed by atoms with van der Waals surface area (Å²) in [7, 11) is 6.48. The number of carbonyl (C=O) groups is 2. The zero-order chi connectivity index (χ0) is 30.1. The number of alkyl halides is 3. The van der Waals surface area contributed by atoms with Gasteiger partial charge in [-0.2, -0.15) is 13.2 Å². The topological polar surface area (TPSA) is 87.5 Å². The van der Waals surface area contributed by atoms with Crippen LogP contribution in [0.2, 0.25) is 0 Å². The quantitative estimate of drug-likeness (QED) is 0.369. The third-order valence-electron chi connectivity index (χ3n) is 7.60. The Morgan fingerprint density at radius 1 is 1.12 bits per heavy atom. The number of piperazine rings is 1. The van der Waals surface area contributed by atoms with Crippen LogP contribution in [0.15, 0.2) is 36.5 Å². The first-order chi connectivity index (χ1) is 19.3. The van der Waals surface area contributed by atoms with Crippen LogP contribution in [0, 0.1) is 6.92 Å². The fourth-order valence-corrected chi connectivity index (χ4v) is 5.55. The summed E-state index contributed by atoms with van der Waals surface area (Å²) in [6, 6.07) is 8.61.